The van der Waals surface area contributed by atoms with E-state index in [0.29, 0.717) is 33.5 Å². The zero-order chi connectivity index (χ0) is 16.4. The maximum atomic E-state index is 12.8. The zero-order valence-electron chi connectivity index (χ0n) is 12.5. The third kappa shape index (κ3) is 1.63. The lowest BCUT2D eigenvalue weighted by Gasteiger charge is -2.23. The van der Waals surface area contributed by atoms with Gasteiger partial charge in [-0.15, -0.1) is 0 Å². The first-order chi connectivity index (χ1) is 11.6. The average Bonchev–Trinajstić information content (AvgIpc) is 2.95. The second-order valence-corrected chi connectivity index (χ2v) is 6.03. The highest BCUT2D eigenvalue weighted by atomic mass is 16.3. The quantitative estimate of drug-likeness (QED) is 0.464. The van der Waals surface area contributed by atoms with Gasteiger partial charge in [-0.25, -0.2) is 4.98 Å². The molecule has 6 heteroatoms. The van der Waals surface area contributed by atoms with Crippen molar-refractivity contribution in [2.75, 3.05) is 0 Å². The number of aliphatic hydroxyl groups is 1. The number of aromatic amines is 1. The van der Waals surface area contributed by atoms with Gasteiger partial charge >= 0.3 is 0 Å². The number of nitrogens with one attached hydrogen (secondary N) is 1. The summed E-state index contributed by atoms with van der Waals surface area (Å²) in [5.41, 5.74) is 2.50. The lowest BCUT2D eigenvalue weighted by atomic mass is 10.0. The summed E-state index contributed by atoms with van der Waals surface area (Å²) in [6, 6.07) is 12.1. The van der Waals surface area contributed by atoms with Crippen LogP contribution < -0.4 is 5.56 Å². The summed E-state index contributed by atoms with van der Waals surface area (Å²) >= 11 is 0. The van der Waals surface area contributed by atoms with Crippen molar-refractivity contribution in [1.82, 2.24) is 14.5 Å². The highest BCUT2D eigenvalue weighted by Crippen LogP contribution is 2.39. The molecule has 1 aliphatic rings. The van der Waals surface area contributed by atoms with Crippen LogP contribution >= 0.6 is 0 Å². The summed E-state index contributed by atoms with van der Waals surface area (Å²) in [5.74, 6) is 0.647. The van der Waals surface area contributed by atoms with Gasteiger partial charge in [-0.2, -0.15) is 0 Å². The number of aromatic nitrogens is 3. The van der Waals surface area contributed by atoms with Crippen molar-refractivity contribution < 1.29 is 10.2 Å². The highest BCUT2D eigenvalue weighted by molar-refractivity contribution is 5.92. The standard InChI is InChI=1S/C18H13N3O3/c22-9-5-6-10-13(7-9)19-16-15(10)14(23)8-21-17(16)20-12-4-2-1-3-11(12)18(21)24/h1-7,14,19,22-23H,8H2/t14-/m0/s1. The number of phenolic OH excluding ortho intramolecular Hbond substituents is 1. The van der Waals surface area contributed by atoms with Crippen molar-refractivity contribution in [3.63, 3.8) is 0 Å². The van der Waals surface area contributed by atoms with E-state index in [1.54, 1.807) is 36.4 Å². The Labute approximate surface area is 135 Å². The monoisotopic (exact) mass is 319 g/mol. The number of nitrogens with zero attached hydrogens (tertiary/aromatic N) is 2. The Kier molecular flexibility index (Phi) is 2.47. The Morgan fingerprint density at radius 2 is 2.00 bits per heavy atom. The van der Waals surface area contributed by atoms with Crippen molar-refractivity contribution >= 4 is 21.8 Å². The molecule has 2 aromatic heterocycles. The maximum Gasteiger partial charge on any atom is 0.261 e. The molecule has 0 fully saturated rings. The predicted octanol–water partition coefficient (Wildman–Crippen LogP) is 2.30. The van der Waals surface area contributed by atoms with E-state index in [1.165, 1.54) is 4.57 Å². The van der Waals surface area contributed by atoms with Crippen LogP contribution in [-0.4, -0.2) is 24.7 Å². The predicted molar refractivity (Wildman–Crippen MR) is 89.9 cm³/mol. The summed E-state index contributed by atoms with van der Waals surface area (Å²) in [6.45, 7) is 0.160. The molecule has 118 valence electrons. The van der Waals surface area contributed by atoms with Gasteiger partial charge in [-0.1, -0.05) is 12.1 Å². The first-order valence-corrected chi connectivity index (χ1v) is 7.66. The molecule has 1 aliphatic heterocycles. The molecular weight excluding hydrogens is 306 g/mol. The van der Waals surface area contributed by atoms with E-state index < -0.39 is 6.10 Å². The van der Waals surface area contributed by atoms with Gasteiger partial charge in [0, 0.05) is 17.0 Å². The number of para-hydroxylation sites is 1. The number of hydrogen-bond donors (Lipinski definition) is 3. The Morgan fingerprint density at radius 3 is 2.88 bits per heavy atom. The van der Waals surface area contributed by atoms with Crippen LogP contribution in [0.25, 0.3) is 33.3 Å². The second-order valence-electron chi connectivity index (χ2n) is 6.03. The Hall–Kier alpha value is -3.12. The number of benzene rings is 2. The van der Waals surface area contributed by atoms with Crippen LogP contribution in [0.4, 0.5) is 0 Å². The van der Waals surface area contributed by atoms with E-state index in [4.69, 9.17) is 0 Å². The van der Waals surface area contributed by atoms with Gasteiger partial charge in [-0.05, 0) is 24.3 Å². The van der Waals surface area contributed by atoms with E-state index in [0.717, 1.165) is 5.39 Å². The van der Waals surface area contributed by atoms with Crippen molar-refractivity contribution in [3.8, 4) is 17.3 Å². The molecule has 4 aromatic rings. The van der Waals surface area contributed by atoms with Crippen LogP contribution in [-0.2, 0) is 6.54 Å². The zero-order valence-corrected chi connectivity index (χ0v) is 12.5. The molecule has 0 spiro atoms. The van der Waals surface area contributed by atoms with Gasteiger partial charge < -0.3 is 15.2 Å². The fourth-order valence-electron chi connectivity index (χ4n) is 3.52. The third-order valence-corrected chi connectivity index (χ3v) is 4.60. The van der Waals surface area contributed by atoms with Crippen molar-refractivity contribution in [3.05, 3.63) is 58.4 Å². The normalized spacial score (nSPS) is 16.3. The molecule has 24 heavy (non-hydrogen) atoms. The van der Waals surface area contributed by atoms with Crippen molar-refractivity contribution in [1.29, 1.82) is 0 Å². The van der Waals surface area contributed by atoms with Crippen LogP contribution in [0.15, 0.2) is 47.3 Å². The van der Waals surface area contributed by atoms with E-state index >= 15 is 0 Å². The number of phenols is 1. The Balaban J connectivity index is 1.93. The van der Waals surface area contributed by atoms with E-state index in [-0.39, 0.29) is 17.9 Å². The summed E-state index contributed by atoms with van der Waals surface area (Å²) in [7, 11) is 0. The van der Waals surface area contributed by atoms with Gasteiger partial charge in [0.2, 0.25) is 0 Å². The summed E-state index contributed by atoms with van der Waals surface area (Å²) in [4.78, 5) is 20.6. The molecule has 0 saturated heterocycles. The minimum atomic E-state index is -0.813. The molecular formula is C18H13N3O3. The molecule has 6 nitrogen and oxygen atoms in total. The van der Waals surface area contributed by atoms with E-state index in [1.807, 2.05) is 6.07 Å². The minimum absolute atomic E-state index is 0.138. The largest absolute Gasteiger partial charge is 0.508 e. The molecule has 3 N–H and O–H groups in total. The molecule has 0 amide bonds. The topological polar surface area (TPSA) is 91.1 Å². The van der Waals surface area contributed by atoms with Gasteiger partial charge in [0.15, 0.2) is 5.82 Å². The van der Waals surface area contributed by atoms with E-state index in [2.05, 4.69) is 9.97 Å². The Bertz CT molecular complexity index is 1190. The Morgan fingerprint density at radius 1 is 1.17 bits per heavy atom. The van der Waals surface area contributed by atoms with E-state index in [9.17, 15) is 15.0 Å². The third-order valence-electron chi connectivity index (χ3n) is 4.60. The van der Waals surface area contributed by atoms with Crippen LogP contribution in [0.1, 0.15) is 11.7 Å². The SMILES string of the molecule is O=c1c2ccccc2nc2n1C[C@H](O)c1c-2[nH]c2cc(O)ccc12. The highest BCUT2D eigenvalue weighted by Gasteiger charge is 2.29. The number of rotatable bonds is 0. The average molecular weight is 319 g/mol. The maximum absolute atomic E-state index is 12.8. The number of aliphatic hydroxyl groups excluding tert-OH is 1. The molecule has 5 rings (SSSR count). The van der Waals surface area contributed by atoms with Gasteiger partial charge in [0.05, 0.1) is 34.8 Å². The fraction of sp³-hybridized carbons (Fsp3) is 0.111. The molecule has 0 radical (unpaired) electrons. The van der Waals surface area contributed by atoms with Crippen molar-refractivity contribution in [2.45, 2.75) is 12.6 Å². The molecule has 0 aliphatic carbocycles. The number of hydrogen-bond acceptors (Lipinski definition) is 4. The first kappa shape index (κ1) is 13.3. The van der Waals surface area contributed by atoms with Crippen LogP contribution in [0, 0.1) is 0 Å². The molecule has 0 saturated carbocycles. The summed E-state index contributed by atoms with van der Waals surface area (Å²) in [5, 5.41) is 21.6. The fourth-order valence-corrected chi connectivity index (χ4v) is 3.52. The second kappa shape index (κ2) is 4.46. The van der Waals surface area contributed by atoms with Gasteiger partial charge in [0.1, 0.15) is 5.75 Å². The summed E-state index contributed by atoms with van der Waals surface area (Å²) < 4.78 is 1.50. The summed E-state index contributed by atoms with van der Waals surface area (Å²) in [6.07, 6.45) is -0.813. The van der Waals surface area contributed by atoms with Crippen LogP contribution in [0.3, 0.4) is 0 Å². The number of aromatic hydroxyl groups is 1. The lowest BCUT2D eigenvalue weighted by molar-refractivity contribution is 0.153. The molecule has 2 aromatic carbocycles. The molecule has 0 unspecified atom stereocenters. The van der Waals surface area contributed by atoms with Crippen LogP contribution in [0.2, 0.25) is 0 Å². The molecule has 1 atom stereocenters. The van der Waals surface area contributed by atoms with Crippen LogP contribution in [0.5, 0.6) is 5.75 Å². The molecule has 3 heterocycles. The van der Waals surface area contributed by atoms with Gasteiger partial charge in [0.25, 0.3) is 5.56 Å². The van der Waals surface area contributed by atoms with Crippen molar-refractivity contribution in [2.24, 2.45) is 0 Å². The smallest absolute Gasteiger partial charge is 0.261 e. The minimum Gasteiger partial charge on any atom is -0.508 e. The number of fused-ring (bicyclic) bond motifs is 6. The van der Waals surface area contributed by atoms with Gasteiger partial charge in [-0.3, -0.25) is 9.36 Å². The lowest BCUT2D eigenvalue weighted by Crippen LogP contribution is -2.29. The number of H-pyrrole nitrogens is 1. The molecule has 0 bridgehead atoms. The first-order valence-electron chi connectivity index (χ1n) is 7.66.